The van der Waals surface area contributed by atoms with Crippen molar-refractivity contribution in [3.63, 3.8) is 0 Å². The van der Waals surface area contributed by atoms with Gasteiger partial charge in [0.2, 0.25) is 5.91 Å². The second-order valence-corrected chi connectivity index (χ2v) is 5.81. The number of anilines is 1. The first-order valence-corrected chi connectivity index (χ1v) is 7.56. The molecular weight excluding hydrogens is 296 g/mol. The van der Waals surface area contributed by atoms with Crippen molar-refractivity contribution in [2.45, 2.75) is 20.3 Å². The van der Waals surface area contributed by atoms with Crippen molar-refractivity contribution in [2.24, 2.45) is 5.92 Å². The number of amides is 1. The fraction of sp³-hybridized carbons (Fsp3) is 0.538. The van der Waals surface area contributed by atoms with Crippen molar-refractivity contribution in [3.8, 4) is 0 Å². The van der Waals surface area contributed by atoms with Crippen molar-refractivity contribution < 1.29 is 23.5 Å². The number of carbonyl (C=O) groups excluding carboxylic acids is 3. The summed E-state index contributed by atoms with van der Waals surface area (Å²) in [4.78, 5) is 39.8. The summed E-state index contributed by atoms with van der Waals surface area (Å²) in [5.74, 6) is -0.0446. The van der Waals surface area contributed by atoms with Crippen LogP contribution in [0.2, 0.25) is 0 Å². The SMILES string of the molecule is CCOC(=O)c1coc(N2CC(CSC(C)=O)CC2=O)n1. The lowest BCUT2D eigenvalue weighted by atomic mass is 10.1. The second kappa shape index (κ2) is 6.75. The van der Waals surface area contributed by atoms with E-state index in [1.807, 2.05) is 0 Å². The van der Waals surface area contributed by atoms with Gasteiger partial charge < -0.3 is 9.15 Å². The Morgan fingerprint density at radius 1 is 1.57 bits per heavy atom. The number of thioether (sulfide) groups is 1. The first-order valence-electron chi connectivity index (χ1n) is 6.57. The number of hydrogen-bond donors (Lipinski definition) is 0. The Hall–Kier alpha value is -1.83. The third kappa shape index (κ3) is 3.84. The van der Waals surface area contributed by atoms with Gasteiger partial charge in [0.25, 0.3) is 0 Å². The Morgan fingerprint density at radius 3 is 3.00 bits per heavy atom. The Bertz CT molecular complexity index is 557. The summed E-state index contributed by atoms with van der Waals surface area (Å²) in [6, 6.07) is 0.0957. The largest absolute Gasteiger partial charge is 0.461 e. The summed E-state index contributed by atoms with van der Waals surface area (Å²) >= 11 is 1.20. The number of rotatable bonds is 5. The van der Waals surface area contributed by atoms with Gasteiger partial charge in [-0.25, -0.2) is 4.79 Å². The number of ether oxygens (including phenoxy) is 1. The fourth-order valence-corrected chi connectivity index (χ4v) is 2.69. The highest BCUT2D eigenvalue weighted by molar-refractivity contribution is 8.13. The van der Waals surface area contributed by atoms with E-state index in [1.54, 1.807) is 6.92 Å². The molecule has 0 N–H and O–H groups in total. The Balaban J connectivity index is 2.00. The van der Waals surface area contributed by atoms with Crippen LogP contribution in [-0.2, 0) is 14.3 Å². The van der Waals surface area contributed by atoms with E-state index in [-0.39, 0.29) is 35.3 Å². The maximum Gasteiger partial charge on any atom is 0.360 e. The number of carbonyl (C=O) groups is 3. The van der Waals surface area contributed by atoms with Crippen molar-refractivity contribution >= 4 is 34.8 Å². The molecule has 1 aliphatic rings. The molecule has 1 aliphatic heterocycles. The standard InChI is InChI=1S/C13H16N2O5S/c1-3-19-12(18)10-6-20-13(14-10)15-5-9(4-11(15)17)7-21-8(2)16/h6,9H,3-5,7H2,1-2H3. The summed E-state index contributed by atoms with van der Waals surface area (Å²) in [7, 11) is 0. The molecule has 114 valence electrons. The van der Waals surface area contributed by atoms with Crippen LogP contribution in [0.1, 0.15) is 30.8 Å². The van der Waals surface area contributed by atoms with Gasteiger partial charge in [0, 0.05) is 25.6 Å². The maximum atomic E-state index is 12.0. The molecule has 1 saturated heterocycles. The molecule has 0 aromatic carbocycles. The van der Waals surface area contributed by atoms with Gasteiger partial charge in [0.1, 0.15) is 6.26 Å². The molecule has 1 unspecified atom stereocenters. The molecule has 0 spiro atoms. The molecule has 1 aromatic heterocycles. The number of oxazole rings is 1. The second-order valence-electron chi connectivity index (χ2n) is 4.61. The predicted molar refractivity (Wildman–Crippen MR) is 76.1 cm³/mol. The minimum Gasteiger partial charge on any atom is -0.461 e. The maximum absolute atomic E-state index is 12.0. The predicted octanol–water partition coefficient (Wildman–Crippen LogP) is 1.48. The van der Waals surface area contributed by atoms with Gasteiger partial charge in [0.05, 0.1) is 6.61 Å². The highest BCUT2D eigenvalue weighted by Crippen LogP contribution is 2.27. The Kier molecular flexibility index (Phi) is 5.00. The lowest BCUT2D eigenvalue weighted by Gasteiger charge is -2.11. The summed E-state index contributed by atoms with van der Waals surface area (Å²) in [5, 5.41) is 0.0293. The third-order valence-electron chi connectivity index (χ3n) is 2.93. The molecule has 1 amide bonds. The van der Waals surface area contributed by atoms with E-state index < -0.39 is 5.97 Å². The molecule has 8 heteroatoms. The quantitative estimate of drug-likeness (QED) is 0.761. The number of hydrogen-bond acceptors (Lipinski definition) is 7. The Morgan fingerprint density at radius 2 is 2.33 bits per heavy atom. The molecule has 1 aromatic rings. The first kappa shape index (κ1) is 15.6. The number of esters is 1. The zero-order valence-corrected chi connectivity index (χ0v) is 12.6. The summed E-state index contributed by atoms with van der Waals surface area (Å²) < 4.78 is 9.99. The van der Waals surface area contributed by atoms with Crippen LogP contribution in [0.25, 0.3) is 0 Å². The van der Waals surface area contributed by atoms with Crippen LogP contribution >= 0.6 is 11.8 Å². The van der Waals surface area contributed by atoms with Gasteiger partial charge >= 0.3 is 12.0 Å². The van der Waals surface area contributed by atoms with E-state index in [0.717, 1.165) is 0 Å². The lowest BCUT2D eigenvalue weighted by molar-refractivity contribution is -0.117. The summed E-state index contributed by atoms with van der Waals surface area (Å²) in [6.07, 6.45) is 1.52. The molecule has 0 aliphatic carbocycles. The minimum absolute atomic E-state index is 0.0293. The van der Waals surface area contributed by atoms with Gasteiger partial charge in [-0.2, -0.15) is 4.98 Å². The van der Waals surface area contributed by atoms with Gasteiger partial charge in [-0.05, 0) is 12.8 Å². The lowest BCUT2D eigenvalue weighted by Crippen LogP contribution is -2.25. The molecule has 1 atom stereocenters. The molecular formula is C13H16N2O5S. The average molecular weight is 312 g/mol. The highest BCUT2D eigenvalue weighted by atomic mass is 32.2. The minimum atomic E-state index is -0.581. The van der Waals surface area contributed by atoms with E-state index in [2.05, 4.69) is 4.98 Å². The van der Waals surface area contributed by atoms with Crippen molar-refractivity contribution in [1.82, 2.24) is 4.98 Å². The van der Waals surface area contributed by atoms with E-state index in [4.69, 9.17) is 9.15 Å². The van der Waals surface area contributed by atoms with Crippen LogP contribution in [0, 0.1) is 5.92 Å². The van der Waals surface area contributed by atoms with Gasteiger partial charge in [0.15, 0.2) is 10.8 Å². The smallest absolute Gasteiger partial charge is 0.360 e. The number of nitrogens with zero attached hydrogens (tertiary/aromatic N) is 2. The summed E-state index contributed by atoms with van der Waals surface area (Å²) in [6.45, 7) is 3.87. The molecule has 7 nitrogen and oxygen atoms in total. The van der Waals surface area contributed by atoms with Gasteiger partial charge in [-0.3, -0.25) is 14.5 Å². The number of aromatic nitrogens is 1. The zero-order chi connectivity index (χ0) is 15.4. The van der Waals surface area contributed by atoms with E-state index in [0.29, 0.717) is 18.7 Å². The van der Waals surface area contributed by atoms with E-state index in [9.17, 15) is 14.4 Å². The monoisotopic (exact) mass is 312 g/mol. The van der Waals surface area contributed by atoms with E-state index >= 15 is 0 Å². The third-order valence-corrected chi connectivity index (χ3v) is 3.98. The topological polar surface area (TPSA) is 89.7 Å². The van der Waals surface area contributed by atoms with Crippen LogP contribution in [-0.4, -0.2) is 40.9 Å². The Labute approximate surface area is 126 Å². The molecule has 21 heavy (non-hydrogen) atoms. The molecule has 0 saturated carbocycles. The van der Waals surface area contributed by atoms with Crippen molar-refractivity contribution in [1.29, 1.82) is 0 Å². The van der Waals surface area contributed by atoms with Crippen LogP contribution in [0.5, 0.6) is 0 Å². The molecule has 2 heterocycles. The average Bonchev–Trinajstić information content (AvgIpc) is 3.03. The van der Waals surface area contributed by atoms with Crippen LogP contribution in [0.15, 0.2) is 10.7 Å². The van der Waals surface area contributed by atoms with Gasteiger partial charge in [-0.1, -0.05) is 11.8 Å². The molecule has 0 radical (unpaired) electrons. The van der Waals surface area contributed by atoms with Crippen LogP contribution in [0.3, 0.4) is 0 Å². The van der Waals surface area contributed by atoms with E-state index in [1.165, 1.54) is 29.8 Å². The zero-order valence-electron chi connectivity index (χ0n) is 11.8. The summed E-state index contributed by atoms with van der Waals surface area (Å²) in [5.41, 5.74) is 0.0428. The molecule has 0 bridgehead atoms. The first-order chi connectivity index (χ1) is 10.0. The highest BCUT2D eigenvalue weighted by Gasteiger charge is 2.34. The molecule has 1 fully saturated rings. The van der Waals surface area contributed by atoms with Crippen molar-refractivity contribution in [2.75, 3.05) is 23.8 Å². The van der Waals surface area contributed by atoms with Crippen LogP contribution in [0.4, 0.5) is 6.01 Å². The normalized spacial score (nSPS) is 18.1. The molecule has 2 rings (SSSR count). The van der Waals surface area contributed by atoms with Gasteiger partial charge in [-0.15, -0.1) is 0 Å². The van der Waals surface area contributed by atoms with Crippen LogP contribution < -0.4 is 4.90 Å². The fourth-order valence-electron chi connectivity index (χ4n) is 2.00. The van der Waals surface area contributed by atoms with Crippen molar-refractivity contribution in [3.05, 3.63) is 12.0 Å².